The number of thiophene rings is 1. The zero-order valence-corrected chi connectivity index (χ0v) is 20.6. The number of rotatable bonds is 3. The molecule has 2 aliphatic heterocycles. The molecule has 6 heteroatoms. The predicted octanol–water partition coefficient (Wildman–Crippen LogP) is 4.11. The van der Waals surface area contributed by atoms with Crippen LogP contribution >= 0.6 is 11.3 Å². The molecule has 1 aromatic heterocycles. The second kappa shape index (κ2) is 9.36. The van der Waals surface area contributed by atoms with Crippen molar-refractivity contribution in [2.75, 3.05) is 39.3 Å². The third-order valence-corrected chi connectivity index (χ3v) is 7.66. The smallest absolute Gasteiger partial charge is 0.236 e. The van der Waals surface area contributed by atoms with Gasteiger partial charge in [0.15, 0.2) is 0 Å². The average Bonchev–Trinajstić information content (AvgIpc) is 3.09. The molecule has 1 saturated heterocycles. The van der Waals surface area contributed by atoms with Crippen LogP contribution in [-0.2, 0) is 16.0 Å². The Hall–Kier alpha value is -2.18. The van der Waals surface area contributed by atoms with Gasteiger partial charge in [0.05, 0.1) is 12.6 Å². The van der Waals surface area contributed by atoms with Gasteiger partial charge in [0, 0.05) is 43.0 Å². The molecule has 3 heterocycles. The van der Waals surface area contributed by atoms with E-state index in [2.05, 4.69) is 47.5 Å². The minimum atomic E-state index is -0.383. The molecule has 0 unspecified atom stereocenters. The summed E-state index contributed by atoms with van der Waals surface area (Å²) < 4.78 is 0. The van der Waals surface area contributed by atoms with Gasteiger partial charge in [-0.1, -0.05) is 45.0 Å². The van der Waals surface area contributed by atoms with Crippen molar-refractivity contribution >= 4 is 23.2 Å². The molecule has 2 aromatic rings. The van der Waals surface area contributed by atoms with E-state index < -0.39 is 0 Å². The number of nitrogens with zero attached hydrogens (tertiary/aromatic N) is 3. The highest BCUT2D eigenvalue weighted by atomic mass is 32.1. The minimum absolute atomic E-state index is 0.126. The van der Waals surface area contributed by atoms with Gasteiger partial charge in [-0.15, -0.1) is 11.3 Å². The van der Waals surface area contributed by atoms with E-state index in [1.54, 1.807) is 0 Å². The zero-order valence-electron chi connectivity index (χ0n) is 19.8. The first-order chi connectivity index (χ1) is 15.3. The number of benzene rings is 1. The van der Waals surface area contributed by atoms with E-state index in [9.17, 15) is 9.59 Å². The van der Waals surface area contributed by atoms with Gasteiger partial charge in [0.2, 0.25) is 11.8 Å². The number of carbonyl (C=O) groups excluding carboxylic acids is 2. The van der Waals surface area contributed by atoms with Crippen LogP contribution < -0.4 is 0 Å². The van der Waals surface area contributed by atoms with Crippen LogP contribution in [0, 0.1) is 12.3 Å². The van der Waals surface area contributed by atoms with Crippen molar-refractivity contribution in [3.05, 3.63) is 57.3 Å². The maximum Gasteiger partial charge on any atom is 0.236 e. The Labute approximate surface area is 196 Å². The topological polar surface area (TPSA) is 43.9 Å². The van der Waals surface area contributed by atoms with Gasteiger partial charge in [-0.05, 0) is 47.9 Å². The Bertz CT molecular complexity index is 977. The summed E-state index contributed by atoms with van der Waals surface area (Å²) in [4.78, 5) is 33.8. The molecule has 172 valence electrons. The van der Waals surface area contributed by atoms with Crippen molar-refractivity contribution < 1.29 is 9.59 Å². The first-order valence-electron chi connectivity index (χ1n) is 11.7. The van der Waals surface area contributed by atoms with Crippen molar-refractivity contribution in [1.82, 2.24) is 14.7 Å². The van der Waals surface area contributed by atoms with Gasteiger partial charge >= 0.3 is 0 Å². The van der Waals surface area contributed by atoms with Crippen molar-refractivity contribution in [3.63, 3.8) is 0 Å². The maximum absolute atomic E-state index is 13.4. The van der Waals surface area contributed by atoms with Crippen LogP contribution in [0.5, 0.6) is 0 Å². The maximum atomic E-state index is 13.4. The van der Waals surface area contributed by atoms with Crippen molar-refractivity contribution in [3.8, 4) is 0 Å². The molecule has 4 rings (SSSR count). The fourth-order valence-corrected chi connectivity index (χ4v) is 5.82. The summed E-state index contributed by atoms with van der Waals surface area (Å²) in [6.45, 7) is 12.0. The first-order valence-corrected chi connectivity index (χ1v) is 12.6. The highest BCUT2D eigenvalue weighted by Crippen LogP contribution is 2.38. The quantitative estimate of drug-likeness (QED) is 0.703. The molecule has 0 spiro atoms. The predicted molar refractivity (Wildman–Crippen MR) is 130 cm³/mol. The molecule has 2 aliphatic rings. The van der Waals surface area contributed by atoms with Gasteiger partial charge in [0.1, 0.15) is 0 Å². The average molecular weight is 454 g/mol. The molecule has 1 atom stereocenters. The molecule has 0 saturated carbocycles. The zero-order chi connectivity index (χ0) is 22.9. The van der Waals surface area contributed by atoms with Crippen molar-refractivity contribution in [1.29, 1.82) is 0 Å². The highest BCUT2D eigenvalue weighted by Gasteiger charge is 2.34. The lowest BCUT2D eigenvalue weighted by molar-refractivity contribution is -0.140. The summed E-state index contributed by atoms with van der Waals surface area (Å²) in [6, 6.07) is 10.9. The monoisotopic (exact) mass is 453 g/mol. The Kier molecular flexibility index (Phi) is 6.72. The van der Waals surface area contributed by atoms with Crippen molar-refractivity contribution in [2.24, 2.45) is 5.41 Å². The van der Waals surface area contributed by atoms with Crippen LogP contribution in [0.25, 0.3) is 0 Å². The fourth-order valence-electron chi connectivity index (χ4n) is 4.91. The van der Waals surface area contributed by atoms with Crippen LogP contribution in [0.4, 0.5) is 0 Å². The number of amides is 2. The lowest BCUT2D eigenvalue weighted by atomic mass is 9.90. The largest absolute Gasteiger partial charge is 0.340 e. The number of hydrogen-bond donors (Lipinski definition) is 0. The standard InChI is InChI=1S/C26H35N3O2S/c1-19-8-5-6-9-20(19)24-21-11-17-32-22(21)10-14-29(24)18-23(30)27-12-7-13-28(16-15-27)25(31)26(2,3)4/h5-6,8-9,11,17,24H,7,10,12-16,18H2,1-4H3/t24-/m1/s1. The SMILES string of the molecule is Cc1ccccc1[C@@H]1c2ccsc2CCN1CC(=O)N1CCCN(C(=O)C(C)(C)C)CC1. The van der Waals surface area contributed by atoms with E-state index in [4.69, 9.17) is 0 Å². The molecule has 5 nitrogen and oxygen atoms in total. The molecule has 0 bridgehead atoms. The number of aryl methyl sites for hydroxylation is 1. The third kappa shape index (κ3) is 4.76. The van der Waals surface area contributed by atoms with E-state index in [0.717, 1.165) is 32.5 Å². The Morgan fingerprint density at radius 2 is 1.69 bits per heavy atom. The molecule has 0 radical (unpaired) electrons. The first kappa shape index (κ1) is 23.0. The Morgan fingerprint density at radius 3 is 2.44 bits per heavy atom. The molecular weight excluding hydrogens is 418 g/mol. The summed E-state index contributed by atoms with van der Waals surface area (Å²) in [7, 11) is 0. The minimum Gasteiger partial charge on any atom is -0.340 e. The molecule has 0 N–H and O–H groups in total. The molecule has 32 heavy (non-hydrogen) atoms. The summed E-state index contributed by atoms with van der Waals surface area (Å²) in [5.41, 5.74) is 3.52. The second-order valence-corrected chi connectivity index (χ2v) is 11.1. The van der Waals surface area contributed by atoms with E-state index in [1.165, 1.54) is 21.6 Å². The van der Waals surface area contributed by atoms with Gasteiger partial charge in [-0.3, -0.25) is 14.5 Å². The molecule has 1 fully saturated rings. The Balaban J connectivity index is 1.49. The third-order valence-electron chi connectivity index (χ3n) is 6.66. The normalized spacial score (nSPS) is 20.1. The molecular formula is C26H35N3O2S. The van der Waals surface area contributed by atoms with E-state index in [1.807, 2.05) is 41.9 Å². The fraction of sp³-hybridized carbons (Fsp3) is 0.538. The molecule has 0 aliphatic carbocycles. The summed E-state index contributed by atoms with van der Waals surface area (Å²) >= 11 is 1.83. The van der Waals surface area contributed by atoms with Crippen LogP contribution in [-0.4, -0.2) is 65.8 Å². The van der Waals surface area contributed by atoms with Gasteiger partial charge in [0.25, 0.3) is 0 Å². The van der Waals surface area contributed by atoms with Crippen LogP contribution in [0.1, 0.15) is 54.8 Å². The van der Waals surface area contributed by atoms with Gasteiger partial charge < -0.3 is 9.80 Å². The van der Waals surface area contributed by atoms with E-state index >= 15 is 0 Å². The Morgan fingerprint density at radius 1 is 0.969 bits per heavy atom. The number of carbonyl (C=O) groups is 2. The van der Waals surface area contributed by atoms with Gasteiger partial charge in [-0.25, -0.2) is 0 Å². The van der Waals surface area contributed by atoms with Gasteiger partial charge in [-0.2, -0.15) is 0 Å². The highest BCUT2D eigenvalue weighted by molar-refractivity contribution is 7.10. The number of hydrogen-bond acceptors (Lipinski definition) is 4. The van der Waals surface area contributed by atoms with E-state index in [0.29, 0.717) is 19.6 Å². The summed E-state index contributed by atoms with van der Waals surface area (Å²) in [6.07, 6.45) is 1.83. The van der Waals surface area contributed by atoms with Crippen LogP contribution in [0.3, 0.4) is 0 Å². The number of fused-ring (bicyclic) bond motifs is 1. The lowest BCUT2D eigenvalue weighted by Gasteiger charge is -2.37. The van der Waals surface area contributed by atoms with E-state index in [-0.39, 0.29) is 23.3 Å². The van der Waals surface area contributed by atoms with Crippen LogP contribution in [0.15, 0.2) is 35.7 Å². The molecule has 2 amide bonds. The second-order valence-electron chi connectivity index (χ2n) is 10.1. The molecule has 1 aromatic carbocycles. The summed E-state index contributed by atoms with van der Waals surface area (Å²) in [5.74, 6) is 0.347. The summed E-state index contributed by atoms with van der Waals surface area (Å²) in [5, 5.41) is 2.18. The van der Waals surface area contributed by atoms with Crippen molar-refractivity contribution in [2.45, 2.75) is 46.6 Å². The lowest BCUT2D eigenvalue weighted by Crippen LogP contribution is -2.46. The van der Waals surface area contributed by atoms with Crippen LogP contribution in [0.2, 0.25) is 0 Å².